The summed E-state index contributed by atoms with van der Waals surface area (Å²) in [6, 6.07) is 19.6. The van der Waals surface area contributed by atoms with Crippen molar-refractivity contribution < 1.29 is 19.1 Å². The predicted molar refractivity (Wildman–Crippen MR) is 133 cm³/mol. The molecule has 0 saturated heterocycles. The first kappa shape index (κ1) is 23.3. The quantitative estimate of drug-likeness (QED) is 0.329. The van der Waals surface area contributed by atoms with E-state index in [4.69, 9.17) is 4.74 Å². The minimum atomic E-state index is -0.331. The van der Waals surface area contributed by atoms with E-state index in [0.717, 1.165) is 15.4 Å². The third-order valence-corrected chi connectivity index (χ3v) is 6.56. The molecule has 4 rings (SSSR count). The zero-order valence-electron chi connectivity index (χ0n) is 18.2. The van der Waals surface area contributed by atoms with Gasteiger partial charge in [0.1, 0.15) is 5.75 Å². The second-order valence-electron chi connectivity index (χ2n) is 7.27. The van der Waals surface area contributed by atoms with E-state index in [-0.39, 0.29) is 24.2 Å². The van der Waals surface area contributed by atoms with E-state index in [1.54, 1.807) is 36.4 Å². The average Bonchev–Trinajstić information content (AvgIpc) is 3.51. The van der Waals surface area contributed by atoms with Gasteiger partial charge in [0.15, 0.2) is 17.5 Å². The third-order valence-electron chi connectivity index (χ3n) is 4.70. The first-order valence-electron chi connectivity index (χ1n) is 10.4. The number of ketones is 1. The van der Waals surface area contributed by atoms with E-state index >= 15 is 0 Å². The number of hydrogen-bond acceptors (Lipinski definition) is 7. The van der Waals surface area contributed by atoms with Gasteiger partial charge in [0.25, 0.3) is 5.91 Å². The van der Waals surface area contributed by atoms with E-state index in [9.17, 15) is 14.4 Å². The fraction of sp³-hybridized carbons (Fsp3) is 0.120. The van der Waals surface area contributed by atoms with Crippen LogP contribution in [0.15, 0.2) is 72.1 Å². The SMILES string of the molecule is CC(=O)NCc1ccc(-c2csc(NC(=O)COc3ccc(C(=O)c4ccccc4)cc3)n2)s1. The van der Waals surface area contributed by atoms with Gasteiger partial charge in [-0.1, -0.05) is 30.3 Å². The molecule has 0 bridgehead atoms. The highest BCUT2D eigenvalue weighted by molar-refractivity contribution is 7.17. The Kier molecular flexibility index (Phi) is 7.46. The number of aromatic nitrogens is 1. The van der Waals surface area contributed by atoms with Crippen molar-refractivity contribution >= 4 is 45.4 Å². The molecular weight excluding hydrogens is 470 g/mol. The molecule has 0 spiro atoms. The maximum atomic E-state index is 12.5. The van der Waals surface area contributed by atoms with Crippen LogP contribution >= 0.6 is 22.7 Å². The zero-order valence-corrected chi connectivity index (χ0v) is 19.9. The van der Waals surface area contributed by atoms with Gasteiger partial charge < -0.3 is 10.1 Å². The lowest BCUT2D eigenvalue weighted by Crippen LogP contribution is -2.20. The van der Waals surface area contributed by atoms with Gasteiger partial charge in [-0.25, -0.2) is 4.98 Å². The summed E-state index contributed by atoms with van der Waals surface area (Å²) < 4.78 is 5.54. The molecule has 0 unspecified atom stereocenters. The standard InChI is InChI=1S/C25H21N3O4S2/c1-16(29)26-13-20-11-12-22(34-20)21-15-33-25(27-21)28-23(30)14-32-19-9-7-18(8-10-19)24(31)17-5-3-2-4-6-17/h2-12,15H,13-14H2,1H3,(H,26,29)(H,27,28,30). The molecule has 0 aliphatic heterocycles. The highest BCUT2D eigenvalue weighted by Crippen LogP contribution is 2.30. The van der Waals surface area contributed by atoms with Crippen LogP contribution in [-0.4, -0.2) is 29.2 Å². The Bertz CT molecular complexity index is 1300. The van der Waals surface area contributed by atoms with Gasteiger partial charge in [0.2, 0.25) is 5.91 Å². The molecule has 172 valence electrons. The van der Waals surface area contributed by atoms with Crippen LogP contribution in [0.2, 0.25) is 0 Å². The molecule has 0 atom stereocenters. The molecule has 0 aliphatic carbocycles. The first-order chi connectivity index (χ1) is 16.5. The molecule has 0 saturated carbocycles. The molecule has 0 aliphatic rings. The Morgan fingerprint density at radius 2 is 1.68 bits per heavy atom. The number of rotatable bonds is 9. The van der Waals surface area contributed by atoms with Gasteiger partial charge in [-0.3, -0.25) is 19.7 Å². The zero-order chi connectivity index (χ0) is 23.9. The van der Waals surface area contributed by atoms with Crippen molar-refractivity contribution in [2.24, 2.45) is 0 Å². The van der Waals surface area contributed by atoms with Crippen molar-refractivity contribution in [3.05, 3.63) is 88.1 Å². The van der Waals surface area contributed by atoms with Crippen molar-refractivity contribution in [2.45, 2.75) is 13.5 Å². The largest absolute Gasteiger partial charge is 0.484 e. The molecule has 34 heavy (non-hydrogen) atoms. The molecule has 0 radical (unpaired) electrons. The Balaban J connectivity index is 1.28. The Morgan fingerprint density at radius 1 is 0.941 bits per heavy atom. The summed E-state index contributed by atoms with van der Waals surface area (Å²) in [5, 5.41) is 7.85. The van der Waals surface area contributed by atoms with Crippen LogP contribution in [0.3, 0.4) is 0 Å². The van der Waals surface area contributed by atoms with Crippen LogP contribution in [0.1, 0.15) is 27.7 Å². The number of carbonyl (C=O) groups is 3. The Hall–Kier alpha value is -3.82. The summed E-state index contributed by atoms with van der Waals surface area (Å²) in [5.41, 5.74) is 1.93. The lowest BCUT2D eigenvalue weighted by molar-refractivity contribution is -0.119. The fourth-order valence-electron chi connectivity index (χ4n) is 3.03. The van der Waals surface area contributed by atoms with Crippen LogP contribution in [0.25, 0.3) is 10.6 Å². The minimum Gasteiger partial charge on any atom is -0.484 e. The smallest absolute Gasteiger partial charge is 0.264 e. The number of ether oxygens (including phenoxy) is 1. The molecule has 2 aromatic heterocycles. The number of carbonyl (C=O) groups excluding carboxylic acids is 3. The summed E-state index contributed by atoms with van der Waals surface area (Å²) in [6.07, 6.45) is 0. The van der Waals surface area contributed by atoms with Crippen LogP contribution < -0.4 is 15.4 Å². The second-order valence-corrected chi connectivity index (χ2v) is 9.30. The van der Waals surface area contributed by atoms with Gasteiger partial charge >= 0.3 is 0 Å². The molecule has 2 heterocycles. The minimum absolute atomic E-state index is 0.0718. The first-order valence-corrected chi connectivity index (χ1v) is 12.1. The number of amides is 2. The van der Waals surface area contributed by atoms with E-state index in [0.29, 0.717) is 28.6 Å². The van der Waals surface area contributed by atoms with E-state index < -0.39 is 0 Å². The Labute approximate surface area is 204 Å². The van der Waals surface area contributed by atoms with Crippen molar-refractivity contribution in [2.75, 3.05) is 11.9 Å². The second kappa shape index (κ2) is 10.9. The number of nitrogens with one attached hydrogen (secondary N) is 2. The van der Waals surface area contributed by atoms with Gasteiger partial charge in [0, 0.05) is 28.3 Å². The van der Waals surface area contributed by atoms with Crippen molar-refractivity contribution in [1.29, 1.82) is 0 Å². The number of thiophene rings is 1. The van der Waals surface area contributed by atoms with Crippen LogP contribution in [0.5, 0.6) is 5.75 Å². The van der Waals surface area contributed by atoms with Crippen molar-refractivity contribution in [1.82, 2.24) is 10.3 Å². The van der Waals surface area contributed by atoms with Crippen molar-refractivity contribution in [3.63, 3.8) is 0 Å². The van der Waals surface area contributed by atoms with Gasteiger partial charge in [0.05, 0.1) is 17.1 Å². The number of benzene rings is 2. The molecule has 2 amide bonds. The highest BCUT2D eigenvalue weighted by atomic mass is 32.1. The van der Waals surface area contributed by atoms with Crippen molar-refractivity contribution in [3.8, 4) is 16.3 Å². The molecule has 7 nitrogen and oxygen atoms in total. The third kappa shape index (κ3) is 6.15. The highest BCUT2D eigenvalue weighted by Gasteiger charge is 2.12. The summed E-state index contributed by atoms with van der Waals surface area (Å²) in [5.74, 6) is 0.0117. The van der Waals surface area contributed by atoms with Gasteiger partial charge in [-0.15, -0.1) is 22.7 Å². The summed E-state index contributed by atoms with van der Waals surface area (Å²) in [7, 11) is 0. The monoisotopic (exact) mass is 491 g/mol. The summed E-state index contributed by atoms with van der Waals surface area (Å²) in [4.78, 5) is 42.2. The molecule has 9 heteroatoms. The number of thiazole rings is 1. The topological polar surface area (TPSA) is 97.4 Å². The molecule has 2 N–H and O–H groups in total. The van der Waals surface area contributed by atoms with Gasteiger partial charge in [-0.2, -0.15) is 0 Å². The lowest BCUT2D eigenvalue weighted by atomic mass is 10.0. The molecule has 2 aromatic carbocycles. The maximum Gasteiger partial charge on any atom is 0.264 e. The average molecular weight is 492 g/mol. The fourth-order valence-corrected chi connectivity index (χ4v) is 4.74. The molecule has 0 fully saturated rings. The summed E-state index contributed by atoms with van der Waals surface area (Å²) >= 11 is 2.86. The lowest BCUT2D eigenvalue weighted by Gasteiger charge is -2.07. The number of hydrogen-bond donors (Lipinski definition) is 2. The maximum absolute atomic E-state index is 12.5. The summed E-state index contributed by atoms with van der Waals surface area (Å²) in [6.45, 7) is 1.78. The number of anilines is 1. The Morgan fingerprint density at radius 3 is 2.41 bits per heavy atom. The van der Waals surface area contributed by atoms with Crippen LogP contribution in [-0.2, 0) is 16.1 Å². The van der Waals surface area contributed by atoms with Crippen LogP contribution in [0.4, 0.5) is 5.13 Å². The van der Waals surface area contributed by atoms with Crippen LogP contribution in [0, 0.1) is 0 Å². The predicted octanol–water partition coefficient (Wildman–Crippen LogP) is 4.76. The number of nitrogens with zero attached hydrogens (tertiary/aromatic N) is 1. The molecule has 4 aromatic rings. The van der Waals surface area contributed by atoms with E-state index in [2.05, 4.69) is 15.6 Å². The normalized spacial score (nSPS) is 10.5. The van der Waals surface area contributed by atoms with E-state index in [1.165, 1.54) is 29.6 Å². The molecular formula is C25H21N3O4S2. The van der Waals surface area contributed by atoms with E-state index in [1.807, 2.05) is 35.7 Å². The van der Waals surface area contributed by atoms with Gasteiger partial charge in [-0.05, 0) is 36.4 Å².